The number of phenols is 2. The zero-order valence-corrected chi connectivity index (χ0v) is 10.9. The van der Waals surface area contributed by atoms with Crippen LogP contribution in [0.4, 0.5) is 13.2 Å². The van der Waals surface area contributed by atoms with Crippen LogP contribution in [0.15, 0.2) is 0 Å². The maximum absolute atomic E-state index is 13.4. The van der Waals surface area contributed by atoms with Gasteiger partial charge in [-0.25, -0.2) is 13.6 Å². The van der Waals surface area contributed by atoms with Crippen LogP contribution in [0.3, 0.4) is 0 Å². The van der Waals surface area contributed by atoms with Gasteiger partial charge in [-0.3, -0.25) is 0 Å². The van der Waals surface area contributed by atoms with Gasteiger partial charge in [0, 0.05) is 0 Å². The van der Waals surface area contributed by atoms with E-state index >= 15 is 0 Å². The maximum Gasteiger partial charge on any atom is 0.345 e. The normalized spacial score (nSPS) is 10.6. The molecule has 0 amide bonds. The molecule has 0 aromatic heterocycles. The van der Waals surface area contributed by atoms with Crippen molar-refractivity contribution in [3.8, 4) is 11.5 Å². The molecule has 0 saturated heterocycles. The van der Waals surface area contributed by atoms with Crippen molar-refractivity contribution in [2.75, 3.05) is 6.61 Å². The predicted octanol–water partition coefficient (Wildman–Crippen LogP) is 3.25. The van der Waals surface area contributed by atoms with E-state index in [1.807, 2.05) is 6.92 Å². The first-order valence-electron chi connectivity index (χ1n) is 6.17. The number of aromatic hydroxyl groups is 2. The van der Waals surface area contributed by atoms with Crippen molar-refractivity contribution in [3.05, 3.63) is 23.0 Å². The molecule has 4 nitrogen and oxygen atoms in total. The van der Waals surface area contributed by atoms with E-state index < -0.39 is 40.5 Å². The molecule has 1 aromatic carbocycles. The molecule has 0 saturated carbocycles. The lowest BCUT2D eigenvalue weighted by molar-refractivity contribution is 0.0486. The van der Waals surface area contributed by atoms with E-state index in [1.54, 1.807) is 0 Å². The highest BCUT2D eigenvalue weighted by molar-refractivity contribution is 5.93. The summed E-state index contributed by atoms with van der Waals surface area (Å²) in [4.78, 5) is 11.5. The minimum absolute atomic E-state index is 0.0442. The standard InChI is InChI=1S/C13H15F3O4/c1-2-3-4-5-6-20-13(19)7-8(14)9(15)10(16)12(18)11(7)17/h17-18H,2-6H2,1H3. The Morgan fingerprint density at radius 1 is 1.00 bits per heavy atom. The van der Waals surface area contributed by atoms with Crippen LogP contribution in [0.2, 0.25) is 0 Å². The van der Waals surface area contributed by atoms with E-state index in [4.69, 9.17) is 5.11 Å². The molecule has 0 aliphatic carbocycles. The summed E-state index contributed by atoms with van der Waals surface area (Å²) in [6, 6.07) is 0. The molecule has 1 rings (SSSR count). The van der Waals surface area contributed by atoms with Gasteiger partial charge in [0.1, 0.15) is 5.56 Å². The Bertz CT molecular complexity index is 474. The fourth-order valence-corrected chi connectivity index (χ4v) is 1.59. The molecular formula is C13H15F3O4. The van der Waals surface area contributed by atoms with Gasteiger partial charge in [0.25, 0.3) is 0 Å². The number of rotatable bonds is 6. The molecule has 0 spiro atoms. The number of esters is 1. The number of carbonyl (C=O) groups excluding carboxylic acids is 1. The number of hydrogen-bond acceptors (Lipinski definition) is 4. The summed E-state index contributed by atoms with van der Waals surface area (Å²) in [6.45, 7) is 1.95. The first-order chi connectivity index (χ1) is 9.41. The van der Waals surface area contributed by atoms with E-state index in [-0.39, 0.29) is 6.61 Å². The van der Waals surface area contributed by atoms with Gasteiger partial charge in [0.15, 0.2) is 23.1 Å². The Morgan fingerprint density at radius 3 is 2.25 bits per heavy atom. The molecule has 0 fully saturated rings. The van der Waals surface area contributed by atoms with E-state index in [1.165, 1.54) is 0 Å². The smallest absolute Gasteiger partial charge is 0.345 e. The van der Waals surface area contributed by atoms with Crippen molar-refractivity contribution in [2.24, 2.45) is 0 Å². The minimum Gasteiger partial charge on any atom is -0.504 e. The fourth-order valence-electron chi connectivity index (χ4n) is 1.59. The third-order valence-corrected chi connectivity index (χ3v) is 2.71. The van der Waals surface area contributed by atoms with Crippen LogP contribution in [-0.2, 0) is 4.74 Å². The van der Waals surface area contributed by atoms with Crippen molar-refractivity contribution in [2.45, 2.75) is 32.6 Å². The molecule has 2 N–H and O–H groups in total. The summed E-state index contributed by atoms with van der Waals surface area (Å²) in [5.74, 6) is -10.2. The third kappa shape index (κ3) is 3.34. The highest BCUT2D eigenvalue weighted by Gasteiger charge is 2.29. The number of phenolic OH excluding ortho intramolecular Hbond substituents is 2. The van der Waals surface area contributed by atoms with Gasteiger partial charge in [-0.2, -0.15) is 4.39 Å². The largest absolute Gasteiger partial charge is 0.504 e. The number of benzene rings is 1. The number of carbonyl (C=O) groups is 1. The Kier molecular flexibility index (Phi) is 5.66. The lowest BCUT2D eigenvalue weighted by Gasteiger charge is -2.09. The number of halogens is 3. The molecule has 0 unspecified atom stereocenters. The van der Waals surface area contributed by atoms with Crippen molar-refractivity contribution in [3.63, 3.8) is 0 Å². The van der Waals surface area contributed by atoms with Crippen molar-refractivity contribution in [1.82, 2.24) is 0 Å². The topological polar surface area (TPSA) is 66.8 Å². The Labute approximate surface area is 113 Å². The van der Waals surface area contributed by atoms with Gasteiger partial charge < -0.3 is 14.9 Å². The van der Waals surface area contributed by atoms with Gasteiger partial charge in [-0.15, -0.1) is 0 Å². The van der Waals surface area contributed by atoms with Crippen molar-refractivity contribution in [1.29, 1.82) is 0 Å². The van der Waals surface area contributed by atoms with Gasteiger partial charge >= 0.3 is 5.97 Å². The predicted molar refractivity (Wildman–Crippen MR) is 64.1 cm³/mol. The number of unbranched alkanes of at least 4 members (excludes halogenated alkanes) is 3. The summed E-state index contributed by atoms with van der Waals surface area (Å²) >= 11 is 0. The number of hydrogen-bond donors (Lipinski definition) is 2. The highest BCUT2D eigenvalue weighted by Crippen LogP contribution is 2.36. The molecule has 20 heavy (non-hydrogen) atoms. The monoisotopic (exact) mass is 292 g/mol. The molecule has 0 heterocycles. The second kappa shape index (κ2) is 7.02. The van der Waals surface area contributed by atoms with Gasteiger partial charge in [0.05, 0.1) is 6.61 Å². The first-order valence-corrected chi connectivity index (χ1v) is 6.17. The average molecular weight is 292 g/mol. The highest BCUT2D eigenvalue weighted by atomic mass is 19.2. The second-order valence-electron chi connectivity index (χ2n) is 4.21. The Morgan fingerprint density at radius 2 is 1.65 bits per heavy atom. The van der Waals surface area contributed by atoms with E-state index in [0.29, 0.717) is 6.42 Å². The fraction of sp³-hybridized carbons (Fsp3) is 0.462. The zero-order chi connectivity index (χ0) is 15.3. The summed E-state index contributed by atoms with van der Waals surface area (Å²) in [5.41, 5.74) is -1.21. The van der Waals surface area contributed by atoms with Gasteiger partial charge in [-0.05, 0) is 6.42 Å². The van der Waals surface area contributed by atoms with Crippen LogP contribution in [0.1, 0.15) is 43.0 Å². The summed E-state index contributed by atoms with van der Waals surface area (Å²) in [5, 5.41) is 18.3. The Hall–Kier alpha value is -1.92. The van der Waals surface area contributed by atoms with Crippen LogP contribution >= 0.6 is 0 Å². The van der Waals surface area contributed by atoms with Gasteiger partial charge in [-0.1, -0.05) is 26.2 Å². The quantitative estimate of drug-likeness (QED) is 0.365. The van der Waals surface area contributed by atoms with E-state index in [9.17, 15) is 23.1 Å². The van der Waals surface area contributed by atoms with Crippen molar-refractivity contribution < 1.29 is 32.9 Å². The third-order valence-electron chi connectivity index (χ3n) is 2.71. The molecule has 0 radical (unpaired) electrons. The molecule has 7 heteroatoms. The minimum atomic E-state index is -2.04. The van der Waals surface area contributed by atoms with E-state index in [0.717, 1.165) is 19.3 Å². The molecule has 0 atom stereocenters. The summed E-state index contributed by atoms with van der Waals surface area (Å²) in [7, 11) is 0. The van der Waals surface area contributed by atoms with Crippen LogP contribution in [0.25, 0.3) is 0 Å². The van der Waals surface area contributed by atoms with Crippen LogP contribution < -0.4 is 0 Å². The van der Waals surface area contributed by atoms with E-state index in [2.05, 4.69) is 4.74 Å². The molecular weight excluding hydrogens is 277 g/mol. The lowest BCUT2D eigenvalue weighted by Crippen LogP contribution is -2.11. The first kappa shape index (κ1) is 16.1. The molecule has 112 valence electrons. The number of ether oxygens (including phenoxy) is 1. The van der Waals surface area contributed by atoms with Crippen LogP contribution in [0.5, 0.6) is 11.5 Å². The lowest BCUT2D eigenvalue weighted by atomic mass is 10.1. The van der Waals surface area contributed by atoms with Gasteiger partial charge in [0.2, 0.25) is 5.82 Å². The molecule has 0 bridgehead atoms. The SMILES string of the molecule is CCCCCCOC(=O)c1c(O)c(O)c(F)c(F)c1F. The maximum atomic E-state index is 13.4. The molecule has 1 aromatic rings. The molecule has 0 aliphatic rings. The second-order valence-corrected chi connectivity index (χ2v) is 4.21. The van der Waals surface area contributed by atoms with Crippen LogP contribution in [0, 0.1) is 17.5 Å². The van der Waals surface area contributed by atoms with Crippen LogP contribution in [-0.4, -0.2) is 22.8 Å². The van der Waals surface area contributed by atoms with Crippen molar-refractivity contribution >= 4 is 5.97 Å². The average Bonchev–Trinajstić information content (AvgIpc) is 2.43. The summed E-state index contributed by atoms with van der Waals surface area (Å²) < 4.78 is 44.0. The summed E-state index contributed by atoms with van der Waals surface area (Å²) in [6.07, 6.45) is 3.22. The molecule has 0 aliphatic heterocycles. The zero-order valence-electron chi connectivity index (χ0n) is 10.9. The Balaban J connectivity index is 2.83.